The van der Waals surface area contributed by atoms with E-state index in [1.807, 2.05) is 37.4 Å². The van der Waals surface area contributed by atoms with Gasteiger partial charge in [0.1, 0.15) is 0 Å². The van der Waals surface area contributed by atoms with Crippen LogP contribution in [0.25, 0.3) is 5.57 Å². The lowest BCUT2D eigenvalue weighted by Gasteiger charge is -2.30. The SMILES string of the molecule is Cc1n[nH]cc1C1=CC(O)CN(Cc2ccccc2)C1. The smallest absolute Gasteiger partial charge is 0.0854 e. The lowest BCUT2D eigenvalue weighted by Crippen LogP contribution is -2.36. The lowest BCUT2D eigenvalue weighted by atomic mass is 10.0. The standard InChI is InChI=1S/C16H19N3O/c1-12-16(8-17-18-12)14-7-15(20)11-19(10-14)9-13-5-3-2-4-6-13/h2-8,15,20H,9-11H2,1H3,(H,17,18). The summed E-state index contributed by atoms with van der Waals surface area (Å²) in [5.41, 5.74) is 4.49. The van der Waals surface area contributed by atoms with Gasteiger partial charge in [-0.25, -0.2) is 0 Å². The molecule has 3 rings (SSSR count). The molecule has 2 heterocycles. The summed E-state index contributed by atoms with van der Waals surface area (Å²) in [5, 5.41) is 17.1. The zero-order chi connectivity index (χ0) is 13.9. The highest BCUT2D eigenvalue weighted by Gasteiger charge is 2.21. The third kappa shape index (κ3) is 2.81. The third-order valence-corrected chi connectivity index (χ3v) is 3.66. The molecule has 0 aliphatic carbocycles. The van der Waals surface area contributed by atoms with Crippen molar-refractivity contribution in [2.75, 3.05) is 13.1 Å². The van der Waals surface area contributed by atoms with Gasteiger partial charge in [0.15, 0.2) is 0 Å². The number of hydrogen-bond acceptors (Lipinski definition) is 3. The molecule has 0 saturated carbocycles. The fraction of sp³-hybridized carbons (Fsp3) is 0.312. The molecule has 0 spiro atoms. The van der Waals surface area contributed by atoms with Crippen molar-refractivity contribution in [3.05, 3.63) is 59.4 Å². The first-order valence-electron chi connectivity index (χ1n) is 6.88. The molecular weight excluding hydrogens is 250 g/mol. The van der Waals surface area contributed by atoms with Crippen LogP contribution in [-0.4, -0.2) is 39.4 Å². The molecule has 1 aliphatic heterocycles. The van der Waals surface area contributed by atoms with Crippen molar-refractivity contribution in [3.8, 4) is 0 Å². The van der Waals surface area contributed by atoms with E-state index in [1.54, 1.807) is 0 Å². The number of nitrogens with zero attached hydrogens (tertiary/aromatic N) is 2. The molecule has 104 valence electrons. The fourth-order valence-corrected chi connectivity index (χ4v) is 2.73. The lowest BCUT2D eigenvalue weighted by molar-refractivity contribution is 0.143. The van der Waals surface area contributed by atoms with Crippen LogP contribution >= 0.6 is 0 Å². The maximum absolute atomic E-state index is 10.1. The van der Waals surface area contributed by atoms with Gasteiger partial charge in [-0.2, -0.15) is 5.10 Å². The first-order chi connectivity index (χ1) is 9.72. The predicted octanol–water partition coefficient (Wildman–Crippen LogP) is 1.98. The number of nitrogens with one attached hydrogen (secondary N) is 1. The number of aromatic amines is 1. The summed E-state index contributed by atoms with van der Waals surface area (Å²) in [6.45, 7) is 4.35. The molecule has 0 amide bonds. The molecule has 1 unspecified atom stereocenters. The van der Waals surface area contributed by atoms with Crippen LogP contribution in [0.2, 0.25) is 0 Å². The maximum atomic E-state index is 10.1. The Balaban J connectivity index is 1.77. The minimum absolute atomic E-state index is 0.420. The van der Waals surface area contributed by atoms with E-state index >= 15 is 0 Å². The molecule has 0 bridgehead atoms. The van der Waals surface area contributed by atoms with E-state index in [9.17, 15) is 5.11 Å². The number of aryl methyl sites for hydroxylation is 1. The first-order valence-corrected chi connectivity index (χ1v) is 6.88. The van der Waals surface area contributed by atoms with Gasteiger partial charge in [-0.05, 0) is 24.1 Å². The van der Waals surface area contributed by atoms with Gasteiger partial charge in [0.25, 0.3) is 0 Å². The highest BCUT2D eigenvalue weighted by Crippen LogP contribution is 2.23. The molecule has 1 aliphatic rings. The van der Waals surface area contributed by atoms with E-state index < -0.39 is 6.10 Å². The van der Waals surface area contributed by atoms with Gasteiger partial charge in [-0.15, -0.1) is 0 Å². The average Bonchev–Trinajstić information content (AvgIpc) is 2.85. The first kappa shape index (κ1) is 13.1. The van der Waals surface area contributed by atoms with Crippen molar-refractivity contribution in [1.82, 2.24) is 15.1 Å². The van der Waals surface area contributed by atoms with E-state index in [2.05, 4.69) is 27.2 Å². The number of aliphatic hydroxyl groups is 1. The van der Waals surface area contributed by atoms with Crippen LogP contribution in [0.1, 0.15) is 16.8 Å². The number of aromatic nitrogens is 2. The molecule has 4 heteroatoms. The minimum atomic E-state index is -0.420. The molecule has 2 aromatic rings. The second-order valence-corrected chi connectivity index (χ2v) is 5.30. The van der Waals surface area contributed by atoms with Crippen molar-refractivity contribution in [2.24, 2.45) is 0 Å². The normalized spacial score (nSPS) is 19.9. The molecule has 0 saturated heterocycles. The molecule has 0 radical (unpaired) electrons. The Morgan fingerprint density at radius 1 is 1.35 bits per heavy atom. The van der Waals surface area contributed by atoms with Crippen LogP contribution in [0, 0.1) is 6.92 Å². The van der Waals surface area contributed by atoms with Crippen LogP contribution in [0.3, 0.4) is 0 Å². The van der Waals surface area contributed by atoms with Gasteiger partial charge < -0.3 is 5.11 Å². The van der Waals surface area contributed by atoms with Crippen molar-refractivity contribution in [1.29, 1.82) is 0 Å². The number of H-pyrrole nitrogens is 1. The van der Waals surface area contributed by atoms with Crippen LogP contribution in [-0.2, 0) is 6.54 Å². The number of rotatable bonds is 3. The molecular formula is C16H19N3O. The summed E-state index contributed by atoms with van der Waals surface area (Å²) in [6.07, 6.45) is 3.43. The number of hydrogen-bond donors (Lipinski definition) is 2. The zero-order valence-corrected chi connectivity index (χ0v) is 11.6. The summed E-state index contributed by atoms with van der Waals surface area (Å²) in [5.74, 6) is 0. The van der Waals surface area contributed by atoms with Gasteiger partial charge in [-0.1, -0.05) is 30.3 Å². The van der Waals surface area contributed by atoms with Crippen molar-refractivity contribution in [3.63, 3.8) is 0 Å². The fourth-order valence-electron chi connectivity index (χ4n) is 2.73. The van der Waals surface area contributed by atoms with Crippen molar-refractivity contribution >= 4 is 5.57 Å². The maximum Gasteiger partial charge on any atom is 0.0854 e. The Labute approximate surface area is 118 Å². The molecule has 0 fully saturated rings. The zero-order valence-electron chi connectivity index (χ0n) is 11.6. The van der Waals surface area contributed by atoms with Gasteiger partial charge >= 0.3 is 0 Å². The molecule has 2 N–H and O–H groups in total. The average molecular weight is 269 g/mol. The Kier molecular flexibility index (Phi) is 3.67. The second-order valence-electron chi connectivity index (χ2n) is 5.30. The summed E-state index contributed by atoms with van der Waals surface area (Å²) in [4.78, 5) is 2.27. The molecule has 20 heavy (non-hydrogen) atoms. The van der Waals surface area contributed by atoms with Gasteiger partial charge in [0, 0.05) is 31.4 Å². The molecule has 1 aromatic carbocycles. The van der Waals surface area contributed by atoms with Gasteiger partial charge in [0.2, 0.25) is 0 Å². The van der Waals surface area contributed by atoms with Crippen LogP contribution in [0.15, 0.2) is 42.6 Å². The van der Waals surface area contributed by atoms with E-state index in [4.69, 9.17) is 0 Å². The van der Waals surface area contributed by atoms with Crippen molar-refractivity contribution in [2.45, 2.75) is 19.6 Å². The highest BCUT2D eigenvalue weighted by atomic mass is 16.3. The van der Waals surface area contributed by atoms with E-state index in [0.717, 1.165) is 29.9 Å². The highest BCUT2D eigenvalue weighted by molar-refractivity contribution is 5.69. The van der Waals surface area contributed by atoms with Crippen LogP contribution in [0.5, 0.6) is 0 Å². The van der Waals surface area contributed by atoms with E-state index in [1.165, 1.54) is 5.56 Å². The summed E-state index contributed by atoms with van der Waals surface area (Å²) >= 11 is 0. The summed E-state index contributed by atoms with van der Waals surface area (Å²) in [6, 6.07) is 10.4. The topological polar surface area (TPSA) is 52.1 Å². The second kappa shape index (κ2) is 5.61. The Hall–Kier alpha value is -1.91. The Morgan fingerprint density at radius 3 is 2.85 bits per heavy atom. The number of aliphatic hydroxyl groups excluding tert-OH is 1. The summed E-state index contributed by atoms with van der Waals surface area (Å²) in [7, 11) is 0. The molecule has 1 atom stereocenters. The molecule has 4 nitrogen and oxygen atoms in total. The van der Waals surface area contributed by atoms with E-state index in [-0.39, 0.29) is 0 Å². The summed E-state index contributed by atoms with van der Waals surface area (Å²) < 4.78 is 0. The predicted molar refractivity (Wildman–Crippen MR) is 79.0 cm³/mol. The van der Waals surface area contributed by atoms with Crippen molar-refractivity contribution < 1.29 is 5.11 Å². The number of β-amino-alcohol motifs (C(OH)–C–C–N with tert-alkyl or cyclic N) is 1. The van der Waals surface area contributed by atoms with Crippen LogP contribution in [0.4, 0.5) is 0 Å². The van der Waals surface area contributed by atoms with E-state index in [0.29, 0.717) is 6.54 Å². The molecule has 1 aromatic heterocycles. The minimum Gasteiger partial charge on any atom is -0.388 e. The number of benzene rings is 1. The monoisotopic (exact) mass is 269 g/mol. The quantitative estimate of drug-likeness (QED) is 0.896. The Bertz CT molecular complexity index is 603. The van der Waals surface area contributed by atoms with Gasteiger partial charge in [0.05, 0.1) is 11.8 Å². The Morgan fingerprint density at radius 2 is 2.15 bits per heavy atom. The third-order valence-electron chi connectivity index (χ3n) is 3.66. The van der Waals surface area contributed by atoms with Crippen LogP contribution < -0.4 is 0 Å². The largest absolute Gasteiger partial charge is 0.388 e. The van der Waals surface area contributed by atoms with Gasteiger partial charge in [-0.3, -0.25) is 10.00 Å².